The van der Waals surface area contributed by atoms with Crippen LogP contribution in [0.2, 0.25) is 0 Å². The molecule has 2 rings (SSSR count). The highest BCUT2D eigenvalue weighted by atomic mass is 16.6. The number of nitrogens with one attached hydrogen (secondary N) is 1. The van der Waals surface area contributed by atoms with E-state index in [0.29, 0.717) is 0 Å². The summed E-state index contributed by atoms with van der Waals surface area (Å²) in [5.74, 6) is 0. The maximum atomic E-state index is 10.2. The normalized spacial score (nSPS) is 11.6. The molecule has 0 atom stereocenters. The number of rotatable bonds is 1. The van der Waals surface area contributed by atoms with Crippen LogP contribution in [0.15, 0.2) is 18.2 Å². The zero-order valence-corrected chi connectivity index (χ0v) is 5.00. The summed E-state index contributed by atoms with van der Waals surface area (Å²) in [5.41, 5.74) is 2.00. The fourth-order valence-electron chi connectivity index (χ4n) is 0.837. The van der Waals surface area contributed by atoms with Gasteiger partial charge in [0, 0.05) is 12.1 Å². The van der Waals surface area contributed by atoms with Gasteiger partial charge in [-0.1, -0.05) is 0 Å². The zero-order chi connectivity index (χ0) is 7.14. The quantitative estimate of drug-likeness (QED) is 0.368. The lowest BCUT2D eigenvalue weighted by atomic mass is 10.3. The van der Waals surface area contributed by atoms with Crippen molar-refractivity contribution in [2.45, 2.75) is 0 Å². The number of nitro groups is 1. The molecule has 1 N–H and O–H groups in total. The Kier molecular flexibility index (Phi) is 0.768. The Balaban J connectivity index is 2.48. The summed E-state index contributed by atoms with van der Waals surface area (Å²) in [6, 6.07) is 4.71. The third-order valence-electron chi connectivity index (χ3n) is 1.42. The summed E-state index contributed by atoms with van der Waals surface area (Å²) >= 11 is 0. The molecular formula is C6H4N2O2. The van der Waals surface area contributed by atoms with Crippen LogP contribution in [0, 0.1) is 10.1 Å². The average molecular weight is 136 g/mol. The lowest BCUT2D eigenvalue weighted by Gasteiger charge is -1.83. The highest BCUT2D eigenvalue weighted by molar-refractivity contribution is 5.91. The van der Waals surface area contributed by atoms with Gasteiger partial charge in [0.2, 0.25) is 0 Å². The fraction of sp³-hybridized carbons (Fsp3) is 0. The van der Waals surface area contributed by atoms with Gasteiger partial charge in [-0.15, -0.1) is 0 Å². The lowest BCUT2D eigenvalue weighted by Crippen LogP contribution is -1.84. The molecule has 0 saturated heterocycles. The van der Waals surface area contributed by atoms with E-state index in [9.17, 15) is 10.1 Å². The van der Waals surface area contributed by atoms with Gasteiger partial charge in [-0.2, -0.15) is 0 Å². The molecule has 0 fully saturated rings. The Hall–Kier alpha value is -1.58. The average Bonchev–Trinajstić information content (AvgIpc) is 2.63. The van der Waals surface area contributed by atoms with Crippen molar-refractivity contribution in [1.29, 1.82) is 0 Å². The summed E-state index contributed by atoms with van der Waals surface area (Å²) in [4.78, 5) is 9.75. The first-order valence-corrected chi connectivity index (χ1v) is 2.83. The monoisotopic (exact) mass is 136 g/mol. The van der Waals surface area contributed by atoms with Crippen LogP contribution >= 0.6 is 0 Å². The van der Waals surface area contributed by atoms with Crippen molar-refractivity contribution in [3.8, 4) is 0 Å². The topological polar surface area (TPSA) is 65.1 Å². The van der Waals surface area contributed by atoms with Crippen LogP contribution in [0.3, 0.4) is 0 Å². The Bertz CT molecular complexity index is 309. The van der Waals surface area contributed by atoms with Crippen molar-refractivity contribution >= 4 is 17.1 Å². The predicted molar refractivity (Wildman–Crippen MR) is 36.4 cm³/mol. The Morgan fingerprint density at radius 3 is 2.80 bits per heavy atom. The molecule has 10 heavy (non-hydrogen) atoms. The van der Waals surface area contributed by atoms with Gasteiger partial charge in [-0.05, 0) is 6.07 Å². The molecule has 0 bridgehead atoms. The SMILES string of the molecule is O=[N+]([O-])c1ccc2c(c1)N2. The number of hydrogen-bond acceptors (Lipinski definition) is 3. The number of nitrogens with zero attached hydrogens (tertiary/aromatic N) is 1. The van der Waals surface area contributed by atoms with E-state index in [1.54, 1.807) is 6.07 Å². The van der Waals surface area contributed by atoms with E-state index in [0.717, 1.165) is 11.4 Å². The molecule has 4 heteroatoms. The summed E-state index contributed by atoms with van der Waals surface area (Å²) in [6.07, 6.45) is 0. The molecule has 50 valence electrons. The van der Waals surface area contributed by atoms with E-state index < -0.39 is 4.92 Å². The van der Waals surface area contributed by atoms with Crippen molar-refractivity contribution in [1.82, 2.24) is 0 Å². The molecule has 0 radical (unpaired) electrons. The standard InChI is InChI=1S/C6H4N2O2/c9-8(10)4-1-2-5-6(3-4)7-5/h1-3,7H. The minimum absolute atomic E-state index is 0.142. The zero-order valence-electron chi connectivity index (χ0n) is 5.00. The van der Waals surface area contributed by atoms with Crippen LogP contribution in [0.4, 0.5) is 17.1 Å². The Labute approximate surface area is 56.6 Å². The highest BCUT2D eigenvalue weighted by Gasteiger charge is 2.18. The summed E-state index contributed by atoms with van der Waals surface area (Å²) < 4.78 is 0. The number of fused-ring (bicyclic) bond motifs is 1. The van der Waals surface area contributed by atoms with Crippen molar-refractivity contribution in [3.63, 3.8) is 0 Å². The molecule has 0 unspecified atom stereocenters. The van der Waals surface area contributed by atoms with Gasteiger partial charge in [0.1, 0.15) is 0 Å². The van der Waals surface area contributed by atoms with E-state index >= 15 is 0 Å². The highest BCUT2D eigenvalue weighted by Crippen LogP contribution is 2.40. The van der Waals surface area contributed by atoms with Gasteiger partial charge >= 0.3 is 0 Å². The van der Waals surface area contributed by atoms with E-state index in [4.69, 9.17) is 0 Å². The summed E-state index contributed by atoms with van der Waals surface area (Å²) in [6.45, 7) is 0. The molecular weight excluding hydrogens is 132 g/mol. The van der Waals surface area contributed by atoms with Crippen LogP contribution in [0.1, 0.15) is 0 Å². The van der Waals surface area contributed by atoms with Gasteiger partial charge < -0.3 is 5.32 Å². The predicted octanol–water partition coefficient (Wildman–Crippen LogP) is 1.65. The second kappa shape index (κ2) is 1.47. The van der Waals surface area contributed by atoms with E-state index in [1.807, 2.05) is 0 Å². The summed E-state index contributed by atoms with van der Waals surface area (Å²) in [5, 5.41) is 13.0. The van der Waals surface area contributed by atoms with E-state index in [2.05, 4.69) is 5.32 Å². The van der Waals surface area contributed by atoms with Crippen LogP contribution in [0.25, 0.3) is 0 Å². The number of non-ortho nitro benzene ring substituents is 1. The molecule has 1 heterocycles. The van der Waals surface area contributed by atoms with Gasteiger partial charge in [0.25, 0.3) is 5.69 Å². The summed E-state index contributed by atoms with van der Waals surface area (Å²) in [7, 11) is 0. The van der Waals surface area contributed by atoms with E-state index in [1.165, 1.54) is 12.1 Å². The maximum Gasteiger partial charge on any atom is 0.271 e. The van der Waals surface area contributed by atoms with Gasteiger partial charge in [-0.3, -0.25) is 10.1 Å². The number of hydrogen-bond donors (Lipinski definition) is 1. The molecule has 1 aromatic rings. The molecule has 1 aliphatic heterocycles. The van der Waals surface area contributed by atoms with Gasteiger partial charge in [0.15, 0.2) is 0 Å². The van der Waals surface area contributed by atoms with Crippen LogP contribution < -0.4 is 5.32 Å². The molecule has 1 aliphatic rings. The fourth-order valence-corrected chi connectivity index (χ4v) is 0.837. The Morgan fingerprint density at radius 1 is 1.40 bits per heavy atom. The van der Waals surface area contributed by atoms with Crippen molar-refractivity contribution in [3.05, 3.63) is 28.3 Å². The van der Waals surface area contributed by atoms with Gasteiger partial charge in [0.05, 0.1) is 16.3 Å². The molecule has 0 amide bonds. The minimum atomic E-state index is -0.402. The Morgan fingerprint density at radius 2 is 2.20 bits per heavy atom. The first kappa shape index (κ1) is 5.22. The smallest absolute Gasteiger partial charge is 0.271 e. The van der Waals surface area contributed by atoms with Crippen LogP contribution in [-0.2, 0) is 0 Å². The molecule has 0 aliphatic carbocycles. The first-order chi connectivity index (χ1) is 4.77. The molecule has 0 spiro atoms. The maximum absolute atomic E-state index is 10.2. The van der Waals surface area contributed by atoms with Crippen molar-refractivity contribution < 1.29 is 4.92 Å². The number of nitro benzene ring substituents is 1. The van der Waals surface area contributed by atoms with Crippen molar-refractivity contribution in [2.75, 3.05) is 5.32 Å². The van der Waals surface area contributed by atoms with Crippen LogP contribution in [-0.4, -0.2) is 4.92 Å². The third-order valence-corrected chi connectivity index (χ3v) is 1.42. The largest absolute Gasteiger partial charge is 0.352 e. The second-order valence-electron chi connectivity index (χ2n) is 2.11. The van der Waals surface area contributed by atoms with Crippen LogP contribution in [0.5, 0.6) is 0 Å². The molecule has 0 saturated carbocycles. The molecule has 1 aromatic carbocycles. The van der Waals surface area contributed by atoms with Gasteiger partial charge in [-0.25, -0.2) is 0 Å². The second-order valence-corrected chi connectivity index (χ2v) is 2.11. The number of anilines is 2. The first-order valence-electron chi connectivity index (χ1n) is 2.83. The minimum Gasteiger partial charge on any atom is -0.352 e. The van der Waals surface area contributed by atoms with E-state index in [-0.39, 0.29) is 5.69 Å². The molecule has 0 aromatic heterocycles. The van der Waals surface area contributed by atoms with Crippen molar-refractivity contribution in [2.24, 2.45) is 0 Å². The lowest BCUT2D eigenvalue weighted by molar-refractivity contribution is -0.384. The number of benzene rings is 1. The molecule has 4 nitrogen and oxygen atoms in total. The third kappa shape index (κ3) is 0.621.